The van der Waals surface area contributed by atoms with Crippen LogP contribution in [0.1, 0.15) is 25.5 Å². The molecule has 0 amide bonds. The smallest absolute Gasteiger partial charge is 0.144 e. The Morgan fingerprint density at radius 3 is 2.83 bits per heavy atom. The predicted octanol–water partition coefficient (Wildman–Crippen LogP) is 1.01. The van der Waals surface area contributed by atoms with Gasteiger partial charge in [-0.3, -0.25) is 0 Å². The average Bonchev–Trinajstić information content (AvgIpc) is 2.34. The fourth-order valence-electron chi connectivity index (χ4n) is 2.16. The van der Waals surface area contributed by atoms with Gasteiger partial charge in [0.05, 0.1) is 12.4 Å². The lowest BCUT2D eigenvalue weighted by Crippen LogP contribution is -2.42. The molecule has 3 N–H and O–H groups in total. The van der Waals surface area contributed by atoms with Gasteiger partial charge in [0.25, 0.3) is 0 Å². The lowest BCUT2D eigenvalue weighted by molar-refractivity contribution is 0.190. The van der Waals surface area contributed by atoms with Crippen molar-refractivity contribution in [2.24, 2.45) is 5.73 Å². The SMILES string of the molecule is CC1CC(Nc2cnc(C(N)=S)cn2)CCN1C. The van der Waals surface area contributed by atoms with E-state index in [9.17, 15) is 0 Å². The van der Waals surface area contributed by atoms with E-state index in [1.165, 1.54) is 0 Å². The standard InChI is InChI=1S/C12H19N5S/c1-8-5-9(3-4-17(8)2)16-11-7-14-10(6-15-11)12(13)18/h6-9H,3-5H2,1-2H3,(H2,13,18)(H,15,16). The summed E-state index contributed by atoms with van der Waals surface area (Å²) in [5.41, 5.74) is 6.05. The highest BCUT2D eigenvalue weighted by Gasteiger charge is 2.22. The first-order valence-electron chi connectivity index (χ1n) is 6.15. The summed E-state index contributed by atoms with van der Waals surface area (Å²) in [4.78, 5) is 11.1. The summed E-state index contributed by atoms with van der Waals surface area (Å²) in [5, 5.41) is 3.41. The van der Waals surface area contributed by atoms with Crippen molar-refractivity contribution in [2.75, 3.05) is 18.9 Å². The summed E-state index contributed by atoms with van der Waals surface area (Å²) >= 11 is 4.84. The maximum atomic E-state index is 5.48. The number of hydrogen-bond donors (Lipinski definition) is 2. The maximum Gasteiger partial charge on any atom is 0.144 e. The number of thiocarbonyl (C=S) groups is 1. The van der Waals surface area contributed by atoms with Crippen molar-refractivity contribution in [3.63, 3.8) is 0 Å². The van der Waals surface area contributed by atoms with Gasteiger partial charge in [-0.05, 0) is 26.8 Å². The molecule has 2 heterocycles. The Balaban J connectivity index is 1.95. The molecule has 1 aromatic heterocycles. The second kappa shape index (κ2) is 5.58. The van der Waals surface area contributed by atoms with Gasteiger partial charge in [-0.1, -0.05) is 12.2 Å². The zero-order valence-corrected chi connectivity index (χ0v) is 11.6. The molecular formula is C12H19N5S. The first-order chi connectivity index (χ1) is 8.56. The molecule has 6 heteroatoms. The zero-order valence-electron chi connectivity index (χ0n) is 10.8. The van der Waals surface area contributed by atoms with Crippen LogP contribution in [-0.2, 0) is 0 Å². The number of nitrogens with two attached hydrogens (primary N) is 1. The largest absolute Gasteiger partial charge is 0.388 e. The zero-order chi connectivity index (χ0) is 13.1. The van der Waals surface area contributed by atoms with Gasteiger partial charge in [0.15, 0.2) is 0 Å². The van der Waals surface area contributed by atoms with Crippen molar-refractivity contribution in [1.82, 2.24) is 14.9 Å². The third kappa shape index (κ3) is 3.14. The summed E-state index contributed by atoms with van der Waals surface area (Å²) in [6.07, 6.45) is 5.55. The van der Waals surface area contributed by atoms with E-state index in [0.29, 0.717) is 17.8 Å². The molecule has 1 aliphatic heterocycles. The van der Waals surface area contributed by atoms with Gasteiger partial charge < -0.3 is 16.0 Å². The molecule has 2 atom stereocenters. The highest BCUT2D eigenvalue weighted by Crippen LogP contribution is 2.18. The third-order valence-corrected chi connectivity index (χ3v) is 3.67. The molecule has 1 fully saturated rings. The Kier molecular flexibility index (Phi) is 4.08. The lowest BCUT2D eigenvalue weighted by Gasteiger charge is -2.35. The molecule has 1 aliphatic rings. The lowest BCUT2D eigenvalue weighted by atomic mass is 9.99. The quantitative estimate of drug-likeness (QED) is 0.795. The van der Waals surface area contributed by atoms with Gasteiger partial charge in [-0.2, -0.15) is 0 Å². The Labute approximate surface area is 113 Å². The highest BCUT2D eigenvalue weighted by atomic mass is 32.1. The van der Waals surface area contributed by atoms with E-state index in [1.807, 2.05) is 0 Å². The molecule has 0 spiro atoms. The number of rotatable bonds is 3. The number of anilines is 1. The second-order valence-corrected chi connectivity index (χ2v) is 5.29. The van der Waals surface area contributed by atoms with Crippen LogP contribution in [0.5, 0.6) is 0 Å². The summed E-state index contributed by atoms with van der Waals surface area (Å²) in [7, 11) is 2.16. The van der Waals surface area contributed by atoms with Gasteiger partial charge in [-0.15, -0.1) is 0 Å². The van der Waals surface area contributed by atoms with Gasteiger partial charge in [0.1, 0.15) is 16.5 Å². The van der Waals surface area contributed by atoms with Gasteiger partial charge >= 0.3 is 0 Å². The number of piperidine rings is 1. The van der Waals surface area contributed by atoms with Crippen LogP contribution in [0.25, 0.3) is 0 Å². The minimum atomic E-state index is 0.280. The number of nitrogens with one attached hydrogen (secondary N) is 1. The van der Waals surface area contributed by atoms with Crippen molar-refractivity contribution in [3.8, 4) is 0 Å². The molecule has 2 rings (SSSR count). The van der Waals surface area contributed by atoms with E-state index in [4.69, 9.17) is 18.0 Å². The number of hydrogen-bond acceptors (Lipinski definition) is 5. The van der Waals surface area contributed by atoms with Crippen LogP contribution in [0, 0.1) is 0 Å². The first kappa shape index (κ1) is 13.2. The molecule has 18 heavy (non-hydrogen) atoms. The molecule has 2 unspecified atom stereocenters. The normalized spacial score (nSPS) is 24.8. The minimum absolute atomic E-state index is 0.280. The summed E-state index contributed by atoms with van der Waals surface area (Å²) < 4.78 is 0. The average molecular weight is 265 g/mol. The van der Waals surface area contributed by atoms with Gasteiger partial charge in [0.2, 0.25) is 0 Å². The monoisotopic (exact) mass is 265 g/mol. The van der Waals surface area contributed by atoms with Crippen LogP contribution in [0.2, 0.25) is 0 Å². The van der Waals surface area contributed by atoms with Crippen molar-refractivity contribution < 1.29 is 0 Å². The van der Waals surface area contributed by atoms with E-state index >= 15 is 0 Å². The molecular weight excluding hydrogens is 246 g/mol. The first-order valence-corrected chi connectivity index (χ1v) is 6.55. The van der Waals surface area contributed by atoms with Crippen molar-refractivity contribution in [1.29, 1.82) is 0 Å². The van der Waals surface area contributed by atoms with Crippen LogP contribution in [0.15, 0.2) is 12.4 Å². The maximum absolute atomic E-state index is 5.48. The Bertz CT molecular complexity index is 419. The molecule has 1 saturated heterocycles. The van der Waals surface area contributed by atoms with Crippen LogP contribution in [0.4, 0.5) is 5.82 Å². The molecule has 0 aromatic carbocycles. The molecule has 5 nitrogen and oxygen atoms in total. The van der Waals surface area contributed by atoms with E-state index in [1.54, 1.807) is 12.4 Å². The Hall–Kier alpha value is -1.27. The third-order valence-electron chi connectivity index (χ3n) is 3.46. The van der Waals surface area contributed by atoms with E-state index in [-0.39, 0.29) is 4.99 Å². The van der Waals surface area contributed by atoms with Gasteiger partial charge in [-0.25, -0.2) is 9.97 Å². The van der Waals surface area contributed by atoms with Crippen LogP contribution < -0.4 is 11.1 Å². The molecule has 0 bridgehead atoms. The van der Waals surface area contributed by atoms with Gasteiger partial charge in [0, 0.05) is 18.6 Å². The molecule has 0 radical (unpaired) electrons. The van der Waals surface area contributed by atoms with E-state index in [2.05, 4.69) is 34.2 Å². The van der Waals surface area contributed by atoms with E-state index in [0.717, 1.165) is 25.2 Å². The molecule has 0 aliphatic carbocycles. The molecule has 98 valence electrons. The van der Waals surface area contributed by atoms with Crippen molar-refractivity contribution in [2.45, 2.75) is 31.8 Å². The highest BCUT2D eigenvalue weighted by molar-refractivity contribution is 7.80. The number of nitrogens with zero attached hydrogens (tertiary/aromatic N) is 3. The topological polar surface area (TPSA) is 67.1 Å². The number of aromatic nitrogens is 2. The Morgan fingerprint density at radius 2 is 2.28 bits per heavy atom. The molecule has 0 saturated carbocycles. The van der Waals surface area contributed by atoms with E-state index < -0.39 is 0 Å². The van der Waals surface area contributed by atoms with Crippen LogP contribution in [0.3, 0.4) is 0 Å². The fraction of sp³-hybridized carbons (Fsp3) is 0.583. The second-order valence-electron chi connectivity index (χ2n) is 4.85. The predicted molar refractivity (Wildman–Crippen MR) is 76.7 cm³/mol. The van der Waals surface area contributed by atoms with Crippen molar-refractivity contribution >= 4 is 23.0 Å². The van der Waals surface area contributed by atoms with Crippen LogP contribution >= 0.6 is 12.2 Å². The van der Waals surface area contributed by atoms with Crippen molar-refractivity contribution in [3.05, 3.63) is 18.1 Å². The minimum Gasteiger partial charge on any atom is -0.388 e. The summed E-state index contributed by atoms with van der Waals surface area (Å²) in [6.45, 7) is 3.35. The fourth-order valence-corrected chi connectivity index (χ4v) is 2.26. The van der Waals surface area contributed by atoms with Crippen LogP contribution in [-0.4, -0.2) is 45.5 Å². The Morgan fingerprint density at radius 1 is 1.50 bits per heavy atom. The summed E-state index contributed by atoms with van der Waals surface area (Å²) in [5.74, 6) is 0.789. The molecule has 1 aromatic rings. The number of likely N-dealkylation sites (tertiary alicyclic amines) is 1. The summed E-state index contributed by atoms with van der Waals surface area (Å²) in [6, 6.07) is 1.06.